The van der Waals surface area contributed by atoms with E-state index >= 15 is 0 Å². The molecule has 0 atom stereocenters. The van der Waals surface area contributed by atoms with E-state index in [1.165, 1.54) is 17.8 Å². The molecule has 0 radical (unpaired) electrons. The van der Waals surface area contributed by atoms with Crippen LogP contribution < -0.4 is 5.63 Å². The largest absolute Gasteiger partial charge is 0.461 e. The summed E-state index contributed by atoms with van der Waals surface area (Å²) in [5.41, 5.74) is 3.40. The molecule has 0 N–H and O–H groups in total. The van der Waals surface area contributed by atoms with Gasteiger partial charge in [-0.25, -0.2) is 14.3 Å². The Bertz CT molecular complexity index is 1400. The summed E-state index contributed by atoms with van der Waals surface area (Å²) in [5.74, 6) is 0.0447. The molecular weight excluding hydrogens is 440 g/mol. The topological polar surface area (TPSA) is 99.6 Å². The zero-order chi connectivity index (χ0) is 22.3. The summed E-state index contributed by atoms with van der Waals surface area (Å²) < 4.78 is 12.3. The third-order valence-electron chi connectivity index (χ3n) is 5.03. The third-order valence-corrected chi connectivity index (χ3v) is 5.98. The van der Waals surface area contributed by atoms with Crippen LogP contribution in [0, 0.1) is 20.8 Å². The normalized spacial score (nSPS) is 11.4. The number of esters is 1. The fraction of sp³-hybridized carbons (Fsp3) is 0.286. The van der Waals surface area contributed by atoms with Gasteiger partial charge in [0.15, 0.2) is 0 Å². The summed E-state index contributed by atoms with van der Waals surface area (Å²) in [6.07, 6.45) is 1.91. The Hall–Kier alpha value is -2.91. The van der Waals surface area contributed by atoms with Crippen LogP contribution in [0.5, 0.6) is 0 Å². The molecule has 0 aliphatic rings. The molecule has 0 aliphatic carbocycles. The van der Waals surface area contributed by atoms with Crippen molar-refractivity contribution in [3.05, 3.63) is 61.7 Å². The maximum Gasteiger partial charge on any atom is 0.336 e. The van der Waals surface area contributed by atoms with E-state index in [9.17, 15) is 9.59 Å². The zero-order valence-electron chi connectivity index (χ0n) is 17.4. The molecule has 160 valence electrons. The summed E-state index contributed by atoms with van der Waals surface area (Å²) in [4.78, 5) is 33.3. The van der Waals surface area contributed by atoms with E-state index in [0.717, 1.165) is 16.8 Å². The molecule has 10 heteroatoms. The number of fused-ring (bicyclic) bond motifs is 2. The molecule has 3 heterocycles. The lowest BCUT2D eigenvalue weighted by molar-refractivity contribution is -0.144. The van der Waals surface area contributed by atoms with Crippen molar-refractivity contribution in [1.29, 1.82) is 0 Å². The van der Waals surface area contributed by atoms with Crippen molar-refractivity contribution in [2.45, 2.75) is 39.0 Å². The fourth-order valence-corrected chi connectivity index (χ4v) is 3.85. The fourth-order valence-electron chi connectivity index (χ4n) is 3.35. The van der Waals surface area contributed by atoms with E-state index < -0.39 is 11.6 Å². The number of halogens is 1. The molecule has 0 aliphatic heterocycles. The van der Waals surface area contributed by atoms with Crippen LogP contribution in [-0.2, 0) is 22.6 Å². The predicted molar refractivity (Wildman–Crippen MR) is 118 cm³/mol. The van der Waals surface area contributed by atoms with E-state index in [2.05, 4.69) is 15.1 Å². The Balaban J connectivity index is 1.58. The molecule has 8 nitrogen and oxygen atoms in total. The van der Waals surface area contributed by atoms with Crippen molar-refractivity contribution in [2.24, 2.45) is 0 Å². The Morgan fingerprint density at radius 2 is 2.00 bits per heavy atom. The van der Waals surface area contributed by atoms with Crippen LogP contribution in [0.1, 0.15) is 28.1 Å². The summed E-state index contributed by atoms with van der Waals surface area (Å²) in [5, 5.41) is 6.17. The van der Waals surface area contributed by atoms with Crippen molar-refractivity contribution >= 4 is 46.1 Å². The molecule has 4 rings (SSSR count). The number of hydrogen-bond donors (Lipinski definition) is 0. The summed E-state index contributed by atoms with van der Waals surface area (Å²) in [7, 11) is 0. The first-order valence-electron chi connectivity index (χ1n) is 9.42. The van der Waals surface area contributed by atoms with Gasteiger partial charge in [-0.1, -0.05) is 23.4 Å². The van der Waals surface area contributed by atoms with E-state index in [4.69, 9.17) is 20.8 Å². The molecule has 31 heavy (non-hydrogen) atoms. The van der Waals surface area contributed by atoms with Gasteiger partial charge >= 0.3 is 11.6 Å². The van der Waals surface area contributed by atoms with Crippen molar-refractivity contribution < 1.29 is 13.9 Å². The van der Waals surface area contributed by atoms with Gasteiger partial charge in [-0.2, -0.15) is 4.98 Å². The van der Waals surface area contributed by atoms with Crippen molar-refractivity contribution in [1.82, 2.24) is 19.6 Å². The number of carbonyl (C=O) groups excluding carboxylic acids is 1. The number of aromatic nitrogens is 4. The van der Waals surface area contributed by atoms with Crippen LogP contribution in [0.15, 0.2) is 32.6 Å². The van der Waals surface area contributed by atoms with Gasteiger partial charge in [0.2, 0.25) is 5.16 Å². The number of ether oxygens (including phenoxy) is 1. The smallest absolute Gasteiger partial charge is 0.336 e. The lowest BCUT2D eigenvalue weighted by atomic mass is 10.1. The van der Waals surface area contributed by atoms with Gasteiger partial charge in [-0.3, -0.25) is 4.79 Å². The summed E-state index contributed by atoms with van der Waals surface area (Å²) in [6, 6.07) is 4.71. The van der Waals surface area contributed by atoms with E-state index in [1.807, 2.05) is 27.0 Å². The highest BCUT2D eigenvalue weighted by Gasteiger charge is 2.17. The maximum atomic E-state index is 12.6. The third kappa shape index (κ3) is 4.15. The zero-order valence-corrected chi connectivity index (χ0v) is 18.9. The average Bonchev–Trinajstić information content (AvgIpc) is 3.14. The first-order valence-corrected chi connectivity index (χ1v) is 11.0. The molecule has 0 bridgehead atoms. The summed E-state index contributed by atoms with van der Waals surface area (Å²) in [6.45, 7) is 5.43. The van der Waals surface area contributed by atoms with Crippen LogP contribution in [0.3, 0.4) is 0 Å². The number of thioether (sulfide) groups is 1. The number of benzene rings is 1. The predicted octanol–water partition coefficient (Wildman–Crippen LogP) is 3.82. The van der Waals surface area contributed by atoms with Gasteiger partial charge < -0.3 is 9.15 Å². The maximum absolute atomic E-state index is 12.6. The number of rotatable bonds is 5. The highest BCUT2D eigenvalue weighted by atomic mass is 35.5. The van der Waals surface area contributed by atoms with Gasteiger partial charge in [-0.15, -0.1) is 5.10 Å². The summed E-state index contributed by atoms with van der Waals surface area (Å²) >= 11 is 7.64. The number of nitrogens with zero attached hydrogens (tertiary/aromatic N) is 4. The van der Waals surface area contributed by atoms with Crippen molar-refractivity contribution in [3.63, 3.8) is 0 Å². The van der Waals surface area contributed by atoms with Crippen LogP contribution >= 0.6 is 23.4 Å². The minimum absolute atomic E-state index is 0.0221. The standard InChI is InChI=1S/C21H19ClN4O4S/c1-10-5-17-15(7-16(10)22)13(6-19(28)30-17)9-29-18(27)8-14-11(2)23-20-24-21(31-4)25-26(20)12(14)3/h5-7H,8-9H2,1-4H3. The van der Waals surface area contributed by atoms with Crippen LogP contribution in [0.4, 0.5) is 0 Å². The highest BCUT2D eigenvalue weighted by Crippen LogP contribution is 2.26. The van der Waals surface area contributed by atoms with E-state index in [0.29, 0.717) is 38.2 Å². The monoisotopic (exact) mass is 458 g/mol. The SMILES string of the molecule is CSc1nc2nc(C)c(CC(=O)OCc3cc(=O)oc4cc(C)c(Cl)cc34)c(C)n2n1. The molecule has 4 aromatic rings. The second kappa shape index (κ2) is 8.32. The number of carbonyl (C=O) groups is 1. The molecule has 0 saturated carbocycles. The van der Waals surface area contributed by atoms with Crippen LogP contribution in [0.25, 0.3) is 16.7 Å². The Morgan fingerprint density at radius 1 is 1.23 bits per heavy atom. The molecule has 0 unspecified atom stereocenters. The second-order valence-corrected chi connectivity index (χ2v) is 8.28. The van der Waals surface area contributed by atoms with E-state index in [-0.39, 0.29) is 13.0 Å². The second-order valence-electron chi connectivity index (χ2n) is 7.10. The highest BCUT2D eigenvalue weighted by molar-refractivity contribution is 7.98. The lowest BCUT2D eigenvalue weighted by Gasteiger charge is -2.11. The van der Waals surface area contributed by atoms with E-state index in [1.54, 1.807) is 16.6 Å². The Labute approximate surface area is 186 Å². The molecule has 0 saturated heterocycles. The first-order chi connectivity index (χ1) is 14.8. The van der Waals surface area contributed by atoms with Gasteiger partial charge in [0.1, 0.15) is 12.2 Å². The van der Waals surface area contributed by atoms with Gasteiger partial charge in [0.25, 0.3) is 5.78 Å². The molecule has 0 fully saturated rings. The molecule has 3 aromatic heterocycles. The molecule has 1 aromatic carbocycles. The van der Waals surface area contributed by atoms with Crippen LogP contribution in [-0.4, -0.2) is 31.8 Å². The minimum Gasteiger partial charge on any atom is -0.461 e. The molecule has 0 amide bonds. The van der Waals surface area contributed by atoms with Gasteiger partial charge in [0.05, 0.1) is 6.42 Å². The number of aryl methyl sites for hydroxylation is 3. The molecule has 0 spiro atoms. The lowest BCUT2D eigenvalue weighted by Crippen LogP contribution is -2.14. The van der Waals surface area contributed by atoms with Gasteiger partial charge in [0, 0.05) is 39.0 Å². The molecular formula is C21H19ClN4O4S. The average molecular weight is 459 g/mol. The first kappa shape index (κ1) is 21.3. The van der Waals surface area contributed by atoms with Crippen molar-refractivity contribution in [2.75, 3.05) is 6.26 Å². The Morgan fingerprint density at radius 3 is 2.74 bits per heavy atom. The van der Waals surface area contributed by atoms with Gasteiger partial charge in [-0.05, 0) is 44.7 Å². The minimum atomic E-state index is -0.516. The van der Waals surface area contributed by atoms with Crippen LogP contribution in [0.2, 0.25) is 5.02 Å². The quantitative estimate of drug-likeness (QED) is 0.253. The van der Waals surface area contributed by atoms with Crippen molar-refractivity contribution in [3.8, 4) is 0 Å². The number of hydrogen-bond acceptors (Lipinski definition) is 8. The Kier molecular flexibility index (Phi) is 5.72.